The minimum Gasteiger partial charge on any atom is -0.387 e. The summed E-state index contributed by atoms with van der Waals surface area (Å²) in [5.41, 5.74) is 3.59. The molecule has 0 radical (unpaired) electrons. The highest BCUT2D eigenvalue weighted by atomic mass is 35.5. The number of nitrogens with zero attached hydrogens (tertiary/aromatic N) is 1. The zero-order valence-electron chi connectivity index (χ0n) is 17.8. The molecule has 2 aromatic carbocycles. The van der Waals surface area contributed by atoms with E-state index in [4.69, 9.17) is 11.6 Å². The average Bonchev–Trinajstić information content (AvgIpc) is 3.16. The minimum absolute atomic E-state index is 0.0521. The Labute approximate surface area is 183 Å². The van der Waals surface area contributed by atoms with Crippen LogP contribution in [-0.2, 0) is 6.42 Å². The summed E-state index contributed by atoms with van der Waals surface area (Å²) >= 11 is 5.91. The van der Waals surface area contributed by atoms with Gasteiger partial charge in [0, 0.05) is 42.3 Å². The molecule has 1 amide bonds. The SMILES string of the molecule is CCN(CC)C(=O)c1cccc2c(C[C@@H](C)NC[C@H](O)c3ccc(Cl)cc3)c[nH]c12. The number of hydrogen-bond donors (Lipinski definition) is 3. The van der Waals surface area contributed by atoms with Gasteiger partial charge in [0.1, 0.15) is 0 Å². The Morgan fingerprint density at radius 2 is 1.87 bits per heavy atom. The molecule has 1 heterocycles. The predicted molar refractivity (Wildman–Crippen MR) is 123 cm³/mol. The number of aliphatic hydroxyl groups is 1. The molecule has 0 saturated carbocycles. The van der Waals surface area contributed by atoms with Gasteiger partial charge in [-0.2, -0.15) is 0 Å². The Morgan fingerprint density at radius 3 is 2.53 bits per heavy atom. The van der Waals surface area contributed by atoms with E-state index in [9.17, 15) is 9.90 Å². The second-order valence-electron chi connectivity index (χ2n) is 7.60. The number of para-hydroxylation sites is 1. The lowest BCUT2D eigenvalue weighted by atomic mass is 10.0. The number of hydrogen-bond acceptors (Lipinski definition) is 3. The molecule has 0 spiro atoms. The first kappa shape index (κ1) is 22.3. The summed E-state index contributed by atoms with van der Waals surface area (Å²) in [6, 6.07) is 13.3. The normalized spacial score (nSPS) is 13.4. The molecule has 0 aliphatic rings. The first-order valence-electron chi connectivity index (χ1n) is 10.5. The van der Waals surface area contributed by atoms with Crippen LogP contribution in [0.5, 0.6) is 0 Å². The Bertz CT molecular complexity index is 980. The molecule has 0 fully saturated rings. The third-order valence-electron chi connectivity index (χ3n) is 5.52. The van der Waals surface area contributed by atoms with Crippen molar-refractivity contribution < 1.29 is 9.90 Å². The molecule has 0 aliphatic heterocycles. The van der Waals surface area contributed by atoms with Crippen LogP contribution >= 0.6 is 11.6 Å². The van der Waals surface area contributed by atoms with Gasteiger partial charge in [0.15, 0.2) is 0 Å². The second-order valence-corrected chi connectivity index (χ2v) is 8.04. The number of aromatic amines is 1. The van der Waals surface area contributed by atoms with E-state index in [0.29, 0.717) is 30.2 Å². The van der Waals surface area contributed by atoms with Crippen molar-refractivity contribution >= 4 is 28.4 Å². The Hall–Kier alpha value is -2.34. The van der Waals surface area contributed by atoms with Gasteiger partial charge in [0.05, 0.1) is 17.2 Å². The van der Waals surface area contributed by atoms with Gasteiger partial charge in [0.25, 0.3) is 5.91 Å². The van der Waals surface area contributed by atoms with Crippen molar-refractivity contribution in [3.05, 3.63) is 70.4 Å². The molecule has 0 aliphatic carbocycles. The summed E-state index contributed by atoms with van der Waals surface area (Å²) in [6.07, 6.45) is 2.18. The lowest BCUT2D eigenvalue weighted by Crippen LogP contribution is -2.32. The number of amides is 1. The first-order valence-corrected chi connectivity index (χ1v) is 10.9. The average molecular weight is 428 g/mol. The molecule has 30 heavy (non-hydrogen) atoms. The van der Waals surface area contributed by atoms with Crippen molar-refractivity contribution in [2.75, 3.05) is 19.6 Å². The van der Waals surface area contributed by atoms with Crippen molar-refractivity contribution in [2.24, 2.45) is 0 Å². The molecule has 6 heteroatoms. The van der Waals surface area contributed by atoms with E-state index < -0.39 is 6.10 Å². The highest BCUT2D eigenvalue weighted by molar-refractivity contribution is 6.30. The maximum absolute atomic E-state index is 12.8. The fourth-order valence-corrected chi connectivity index (χ4v) is 3.88. The van der Waals surface area contributed by atoms with E-state index in [-0.39, 0.29) is 11.9 Å². The molecule has 2 atom stereocenters. The number of H-pyrrole nitrogens is 1. The third kappa shape index (κ3) is 5.04. The van der Waals surface area contributed by atoms with E-state index in [1.54, 1.807) is 12.1 Å². The zero-order chi connectivity index (χ0) is 21.7. The summed E-state index contributed by atoms with van der Waals surface area (Å²) in [7, 11) is 0. The molecule has 0 saturated heterocycles. The summed E-state index contributed by atoms with van der Waals surface area (Å²) in [5.74, 6) is 0.0521. The molecule has 3 rings (SSSR count). The lowest BCUT2D eigenvalue weighted by molar-refractivity contribution is 0.0775. The molecule has 3 aromatic rings. The van der Waals surface area contributed by atoms with E-state index in [1.807, 2.05) is 49.2 Å². The second kappa shape index (κ2) is 10.1. The number of rotatable bonds is 9. The number of nitrogens with one attached hydrogen (secondary N) is 2. The van der Waals surface area contributed by atoms with Gasteiger partial charge in [-0.15, -0.1) is 0 Å². The van der Waals surface area contributed by atoms with Crippen molar-refractivity contribution in [1.82, 2.24) is 15.2 Å². The van der Waals surface area contributed by atoms with Gasteiger partial charge in [0.2, 0.25) is 0 Å². The highest BCUT2D eigenvalue weighted by Gasteiger charge is 2.18. The van der Waals surface area contributed by atoms with Crippen LogP contribution in [0.4, 0.5) is 0 Å². The standard InChI is InChI=1S/C24H30ClN3O2/c1-4-28(5-2)24(30)21-8-6-7-20-18(14-27-23(20)21)13-16(3)26-15-22(29)17-9-11-19(25)12-10-17/h6-12,14,16,22,26-27,29H,4-5,13,15H2,1-3H3/t16-,22+/m1/s1. The Morgan fingerprint density at radius 1 is 1.17 bits per heavy atom. The Kier molecular flexibility index (Phi) is 7.53. The van der Waals surface area contributed by atoms with E-state index in [1.165, 1.54) is 0 Å². The van der Waals surface area contributed by atoms with Crippen LogP contribution in [0, 0.1) is 0 Å². The quantitative estimate of drug-likeness (QED) is 0.469. The topological polar surface area (TPSA) is 68.4 Å². The van der Waals surface area contributed by atoms with Gasteiger partial charge in [-0.25, -0.2) is 0 Å². The van der Waals surface area contributed by atoms with Gasteiger partial charge in [-0.1, -0.05) is 35.9 Å². The van der Waals surface area contributed by atoms with Gasteiger partial charge in [-0.3, -0.25) is 4.79 Å². The number of carbonyl (C=O) groups excluding carboxylic acids is 1. The summed E-state index contributed by atoms with van der Waals surface area (Å²) in [4.78, 5) is 18.0. The van der Waals surface area contributed by atoms with Crippen LogP contribution in [0.1, 0.15) is 48.4 Å². The van der Waals surface area contributed by atoms with Crippen LogP contribution in [0.25, 0.3) is 10.9 Å². The molecule has 3 N–H and O–H groups in total. The van der Waals surface area contributed by atoms with Crippen molar-refractivity contribution in [1.29, 1.82) is 0 Å². The molecular weight excluding hydrogens is 398 g/mol. The molecule has 5 nitrogen and oxygen atoms in total. The zero-order valence-corrected chi connectivity index (χ0v) is 18.5. The number of benzene rings is 2. The van der Waals surface area contributed by atoms with Crippen LogP contribution in [0.15, 0.2) is 48.7 Å². The van der Waals surface area contributed by atoms with Crippen molar-refractivity contribution in [3.8, 4) is 0 Å². The number of fused-ring (bicyclic) bond motifs is 1. The maximum atomic E-state index is 12.8. The number of carbonyl (C=O) groups is 1. The van der Waals surface area contributed by atoms with Crippen molar-refractivity contribution in [2.45, 2.75) is 39.3 Å². The highest BCUT2D eigenvalue weighted by Crippen LogP contribution is 2.24. The van der Waals surface area contributed by atoms with Crippen LogP contribution in [0.3, 0.4) is 0 Å². The molecule has 160 valence electrons. The molecule has 0 bridgehead atoms. The van der Waals surface area contributed by atoms with Gasteiger partial charge < -0.3 is 20.3 Å². The van der Waals surface area contributed by atoms with Crippen molar-refractivity contribution in [3.63, 3.8) is 0 Å². The van der Waals surface area contributed by atoms with Gasteiger partial charge >= 0.3 is 0 Å². The minimum atomic E-state index is -0.592. The first-order chi connectivity index (χ1) is 14.4. The van der Waals surface area contributed by atoms with E-state index >= 15 is 0 Å². The number of aliphatic hydroxyl groups excluding tert-OH is 1. The fraction of sp³-hybridized carbons (Fsp3) is 0.375. The summed E-state index contributed by atoms with van der Waals surface area (Å²) < 4.78 is 0. The number of aromatic nitrogens is 1. The molecule has 1 aromatic heterocycles. The largest absolute Gasteiger partial charge is 0.387 e. The summed E-state index contributed by atoms with van der Waals surface area (Å²) in [5, 5.41) is 15.5. The maximum Gasteiger partial charge on any atom is 0.255 e. The molecule has 0 unspecified atom stereocenters. The van der Waals surface area contributed by atoms with Crippen LogP contribution in [0.2, 0.25) is 5.02 Å². The van der Waals surface area contributed by atoms with Crippen LogP contribution in [-0.4, -0.2) is 46.6 Å². The van der Waals surface area contributed by atoms with E-state index in [2.05, 4.69) is 23.3 Å². The summed E-state index contributed by atoms with van der Waals surface area (Å²) in [6.45, 7) is 7.92. The fourth-order valence-electron chi connectivity index (χ4n) is 3.76. The van der Waals surface area contributed by atoms with Gasteiger partial charge in [-0.05, 0) is 56.5 Å². The number of halogens is 1. The Balaban J connectivity index is 1.68. The smallest absolute Gasteiger partial charge is 0.255 e. The predicted octanol–water partition coefficient (Wildman–Crippen LogP) is 4.56. The third-order valence-corrected chi connectivity index (χ3v) is 5.77. The lowest BCUT2D eigenvalue weighted by Gasteiger charge is -2.19. The molecular formula is C24H30ClN3O2. The van der Waals surface area contributed by atoms with E-state index in [0.717, 1.165) is 28.5 Å². The van der Waals surface area contributed by atoms with Crippen LogP contribution < -0.4 is 5.32 Å². The monoisotopic (exact) mass is 427 g/mol.